The van der Waals surface area contributed by atoms with Crippen molar-refractivity contribution >= 4 is 5.97 Å². The molecule has 2 N–H and O–H groups in total. The maximum absolute atomic E-state index is 10.6. The first-order valence-corrected chi connectivity index (χ1v) is 3.86. The molecule has 0 saturated heterocycles. The summed E-state index contributed by atoms with van der Waals surface area (Å²) in [6.45, 7) is 2.00. The highest BCUT2D eigenvalue weighted by Crippen LogP contribution is 1.88. The third-order valence-electron chi connectivity index (χ3n) is 1.47. The molecule has 0 heterocycles. The van der Waals surface area contributed by atoms with Crippen molar-refractivity contribution in [3.8, 4) is 0 Å². The van der Waals surface area contributed by atoms with Crippen molar-refractivity contribution in [2.75, 3.05) is 13.7 Å². The summed E-state index contributed by atoms with van der Waals surface area (Å²) in [5.41, 5.74) is 0. The van der Waals surface area contributed by atoms with E-state index in [1.165, 1.54) is 19.4 Å². The van der Waals surface area contributed by atoms with Gasteiger partial charge in [0.15, 0.2) is 0 Å². The molecule has 0 aliphatic carbocycles. The first-order chi connectivity index (χ1) is 5.74. The Balaban J connectivity index is 3.64. The van der Waals surface area contributed by atoms with Gasteiger partial charge in [-0.15, -0.1) is 0 Å². The van der Waals surface area contributed by atoms with Gasteiger partial charge >= 0.3 is 5.97 Å². The van der Waals surface area contributed by atoms with Crippen molar-refractivity contribution in [2.45, 2.75) is 19.4 Å². The van der Waals surface area contributed by atoms with E-state index in [1.807, 2.05) is 6.92 Å². The lowest BCUT2D eigenvalue weighted by molar-refractivity contribution is -0.134. The smallest absolute Gasteiger partial charge is 0.331 e. The highest BCUT2D eigenvalue weighted by molar-refractivity contribution is 5.81. The van der Waals surface area contributed by atoms with Crippen LogP contribution < -0.4 is 5.32 Å². The molecule has 0 spiro atoms. The molecule has 0 aromatic rings. The maximum Gasteiger partial charge on any atom is 0.331 e. The normalized spacial score (nSPS) is 12.9. The third kappa shape index (κ3) is 4.73. The summed E-state index contributed by atoms with van der Waals surface area (Å²) in [7, 11) is 1.32. The van der Waals surface area contributed by atoms with Crippen LogP contribution in [0.2, 0.25) is 0 Å². The summed E-state index contributed by atoms with van der Waals surface area (Å²) in [6, 6.07) is 0.00547. The van der Waals surface area contributed by atoms with Gasteiger partial charge < -0.3 is 15.2 Å². The molecule has 0 amide bonds. The standard InChI is InChI=1S/C8H15NO3/c1-3-7(6-10)9-5-4-8(11)12-2/h4-5,7,9-10H,3,6H2,1-2H3/b5-4+. The molecule has 0 bridgehead atoms. The molecule has 70 valence electrons. The van der Waals surface area contributed by atoms with Gasteiger partial charge in [0.05, 0.1) is 13.7 Å². The van der Waals surface area contributed by atoms with Crippen LogP contribution in [0, 0.1) is 0 Å². The van der Waals surface area contributed by atoms with E-state index in [9.17, 15) is 4.79 Å². The number of rotatable bonds is 5. The Bertz CT molecular complexity index is 152. The zero-order valence-electron chi connectivity index (χ0n) is 7.41. The molecule has 0 aromatic heterocycles. The second kappa shape index (κ2) is 6.67. The molecule has 0 fully saturated rings. The Hall–Kier alpha value is -1.03. The number of hydrogen-bond acceptors (Lipinski definition) is 4. The molecule has 0 saturated carbocycles. The molecule has 1 atom stereocenters. The van der Waals surface area contributed by atoms with Crippen LogP contribution in [0.4, 0.5) is 0 Å². The van der Waals surface area contributed by atoms with E-state index < -0.39 is 5.97 Å². The van der Waals surface area contributed by atoms with Crippen molar-refractivity contribution < 1.29 is 14.6 Å². The van der Waals surface area contributed by atoms with Crippen LogP contribution in [-0.4, -0.2) is 30.8 Å². The van der Waals surface area contributed by atoms with Gasteiger partial charge in [-0.1, -0.05) is 6.92 Å². The lowest BCUT2D eigenvalue weighted by Gasteiger charge is -2.10. The number of aliphatic hydroxyl groups excluding tert-OH is 1. The van der Waals surface area contributed by atoms with E-state index in [4.69, 9.17) is 5.11 Å². The second-order valence-corrected chi connectivity index (χ2v) is 2.31. The minimum absolute atomic E-state index is 0.00547. The van der Waals surface area contributed by atoms with Crippen LogP contribution >= 0.6 is 0 Å². The number of aliphatic hydroxyl groups is 1. The second-order valence-electron chi connectivity index (χ2n) is 2.31. The molecule has 0 aromatic carbocycles. The van der Waals surface area contributed by atoms with E-state index >= 15 is 0 Å². The molecule has 12 heavy (non-hydrogen) atoms. The highest BCUT2D eigenvalue weighted by atomic mass is 16.5. The lowest BCUT2D eigenvalue weighted by atomic mass is 10.2. The van der Waals surface area contributed by atoms with Gasteiger partial charge in [-0.2, -0.15) is 0 Å². The topological polar surface area (TPSA) is 58.6 Å². The fourth-order valence-corrected chi connectivity index (χ4v) is 0.620. The van der Waals surface area contributed by atoms with Gasteiger partial charge in [-0.3, -0.25) is 0 Å². The fraction of sp³-hybridized carbons (Fsp3) is 0.625. The average Bonchev–Trinajstić information content (AvgIpc) is 2.12. The van der Waals surface area contributed by atoms with Crippen LogP contribution in [0.3, 0.4) is 0 Å². The van der Waals surface area contributed by atoms with Gasteiger partial charge in [-0.05, 0) is 6.42 Å². The van der Waals surface area contributed by atoms with Crippen LogP contribution in [0.5, 0.6) is 0 Å². The summed E-state index contributed by atoms with van der Waals surface area (Å²) >= 11 is 0. The van der Waals surface area contributed by atoms with Crippen LogP contribution in [0.15, 0.2) is 12.3 Å². The van der Waals surface area contributed by atoms with Gasteiger partial charge in [-0.25, -0.2) is 4.79 Å². The van der Waals surface area contributed by atoms with Crippen molar-refractivity contribution in [1.29, 1.82) is 0 Å². The molecular weight excluding hydrogens is 158 g/mol. The molecule has 4 nitrogen and oxygen atoms in total. The molecule has 0 aliphatic rings. The molecule has 0 rings (SSSR count). The largest absolute Gasteiger partial charge is 0.466 e. The summed E-state index contributed by atoms with van der Waals surface area (Å²) in [4.78, 5) is 10.6. The Kier molecular flexibility index (Phi) is 6.09. The minimum atomic E-state index is -0.407. The first kappa shape index (κ1) is 11.0. The monoisotopic (exact) mass is 173 g/mol. The minimum Gasteiger partial charge on any atom is -0.466 e. The van der Waals surface area contributed by atoms with Crippen molar-refractivity contribution in [3.05, 3.63) is 12.3 Å². The number of nitrogens with one attached hydrogen (secondary N) is 1. The van der Waals surface area contributed by atoms with Gasteiger partial charge in [0, 0.05) is 18.3 Å². The molecule has 0 radical (unpaired) electrons. The van der Waals surface area contributed by atoms with Crippen LogP contribution in [0.25, 0.3) is 0 Å². The number of carbonyl (C=O) groups is 1. The zero-order chi connectivity index (χ0) is 9.40. The molecule has 4 heteroatoms. The van der Waals surface area contributed by atoms with E-state index in [1.54, 1.807) is 0 Å². The van der Waals surface area contributed by atoms with Gasteiger partial charge in [0.2, 0.25) is 0 Å². The Labute approximate surface area is 72.2 Å². The van der Waals surface area contributed by atoms with Crippen molar-refractivity contribution in [2.24, 2.45) is 0 Å². The van der Waals surface area contributed by atoms with E-state index in [-0.39, 0.29) is 12.6 Å². The number of methoxy groups -OCH3 is 1. The summed E-state index contributed by atoms with van der Waals surface area (Å²) < 4.78 is 4.37. The zero-order valence-corrected chi connectivity index (χ0v) is 7.41. The predicted octanol–water partition coefficient (Wildman–Crippen LogP) is 0.0336. The van der Waals surface area contributed by atoms with Crippen molar-refractivity contribution in [1.82, 2.24) is 5.32 Å². The Morgan fingerprint density at radius 2 is 2.42 bits per heavy atom. The summed E-state index contributed by atoms with van der Waals surface area (Å²) in [6.07, 6.45) is 3.57. The predicted molar refractivity (Wildman–Crippen MR) is 45.5 cm³/mol. The van der Waals surface area contributed by atoms with Gasteiger partial charge in [0.1, 0.15) is 0 Å². The summed E-state index contributed by atoms with van der Waals surface area (Å²) in [5.74, 6) is -0.407. The van der Waals surface area contributed by atoms with Crippen LogP contribution in [-0.2, 0) is 9.53 Å². The number of carbonyl (C=O) groups excluding carboxylic acids is 1. The SMILES string of the molecule is CCC(CO)N/C=C/C(=O)OC. The number of ether oxygens (including phenoxy) is 1. The Morgan fingerprint density at radius 1 is 1.75 bits per heavy atom. The molecule has 0 aliphatic heterocycles. The highest BCUT2D eigenvalue weighted by Gasteiger charge is 1.99. The fourth-order valence-electron chi connectivity index (χ4n) is 0.620. The Morgan fingerprint density at radius 3 is 2.83 bits per heavy atom. The summed E-state index contributed by atoms with van der Waals surface area (Å²) in [5, 5.41) is 11.6. The molecule has 1 unspecified atom stereocenters. The average molecular weight is 173 g/mol. The maximum atomic E-state index is 10.6. The first-order valence-electron chi connectivity index (χ1n) is 3.86. The van der Waals surface area contributed by atoms with E-state index in [2.05, 4.69) is 10.1 Å². The molecular formula is C8H15NO3. The van der Waals surface area contributed by atoms with E-state index in [0.717, 1.165) is 6.42 Å². The third-order valence-corrected chi connectivity index (χ3v) is 1.47. The lowest BCUT2D eigenvalue weighted by Crippen LogP contribution is -2.27. The van der Waals surface area contributed by atoms with Crippen molar-refractivity contribution in [3.63, 3.8) is 0 Å². The number of hydrogen-bond donors (Lipinski definition) is 2. The quantitative estimate of drug-likeness (QED) is 0.455. The van der Waals surface area contributed by atoms with Gasteiger partial charge in [0.25, 0.3) is 0 Å². The van der Waals surface area contributed by atoms with Crippen LogP contribution in [0.1, 0.15) is 13.3 Å². The van der Waals surface area contributed by atoms with E-state index in [0.29, 0.717) is 0 Å². The number of esters is 1.